The van der Waals surface area contributed by atoms with Gasteiger partial charge in [-0.25, -0.2) is 10.8 Å². The van der Waals surface area contributed by atoms with Gasteiger partial charge in [0.2, 0.25) is 0 Å². The van der Waals surface area contributed by atoms with E-state index >= 15 is 0 Å². The molecular formula is C13H12Cl2N4O. The van der Waals surface area contributed by atoms with E-state index < -0.39 is 0 Å². The number of nitrogens with two attached hydrogens (primary N) is 1. The van der Waals surface area contributed by atoms with Crippen molar-refractivity contribution in [2.75, 3.05) is 10.7 Å². The van der Waals surface area contributed by atoms with Crippen molar-refractivity contribution in [3.8, 4) is 0 Å². The average Bonchev–Trinajstić information content (AvgIpc) is 2.41. The molecule has 20 heavy (non-hydrogen) atoms. The van der Waals surface area contributed by atoms with E-state index in [2.05, 4.69) is 15.7 Å². The van der Waals surface area contributed by atoms with E-state index in [0.29, 0.717) is 22.1 Å². The fourth-order valence-corrected chi connectivity index (χ4v) is 2.11. The van der Waals surface area contributed by atoms with Crippen LogP contribution in [-0.2, 0) is 0 Å². The van der Waals surface area contributed by atoms with Gasteiger partial charge < -0.3 is 10.7 Å². The van der Waals surface area contributed by atoms with E-state index in [9.17, 15) is 4.79 Å². The van der Waals surface area contributed by atoms with Crippen LogP contribution in [0.2, 0.25) is 10.2 Å². The smallest absolute Gasteiger partial charge is 0.255 e. The third-order valence-corrected chi connectivity index (χ3v) is 3.08. The minimum Gasteiger partial charge on any atom is -0.321 e. The summed E-state index contributed by atoms with van der Waals surface area (Å²) in [4.78, 5) is 16.0. The van der Waals surface area contributed by atoms with Gasteiger partial charge in [-0.3, -0.25) is 4.79 Å². The molecule has 1 heterocycles. The van der Waals surface area contributed by atoms with Crippen LogP contribution in [0, 0.1) is 6.92 Å². The predicted octanol–water partition coefficient (Wildman–Crippen LogP) is 3.23. The number of rotatable bonds is 3. The summed E-state index contributed by atoms with van der Waals surface area (Å²) in [6, 6.07) is 8.29. The Balaban J connectivity index is 2.26. The summed E-state index contributed by atoms with van der Waals surface area (Å²) in [5.41, 5.74) is 4.21. The Kier molecular flexibility index (Phi) is 4.44. The van der Waals surface area contributed by atoms with Crippen molar-refractivity contribution in [1.29, 1.82) is 0 Å². The first-order valence-electron chi connectivity index (χ1n) is 5.71. The number of carbonyl (C=O) groups excluding carboxylic acids is 1. The fraction of sp³-hybridized carbons (Fsp3) is 0.0769. The van der Waals surface area contributed by atoms with Crippen LogP contribution >= 0.6 is 23.2 Å². The number of hydrazine groups is 1. The number of aromatic nitrogens is 1. The number of nitrogens with zero attached hydrogens (tertiary/aromatic N) is 1. The number of hydrogen-bond acceptors (Lipinski definition) is 4. The molecule has 0 aliphatic heterocycles. The van der Waals surface area contributed by atoms with Crippen LogP contribution in [0.1, 0.15) is 15.9 Å². The molecule has 0 bridgehead atoms. The van der Waals surface area contributed by atoms with Crippen molar-refractivity contribution < 1.29 is 4.79 Å². The first-order chi connectivity index (χ1) is 9.49. The van der Waals surface area contributed by atoms with Gasteiger partial charge in [0.25, 0.3) is 5.91 Å². The van der Waals surface area contributed by atoms with Crippen molar-refractivity contribution >= 4 is 40.6 Å². The van der Waals surface area contributed by atoms with Gasteiger partial charge in [-0.05, 0) is 36.8 Å². The molecule has 104 valence electrons. The molecule has 0 radical (unpaired) electrons. The first-order valence-corrected chi connectivity index (χ1v) is 6.47. The van der Waals surface area contributed by atoms with Gasteiger partial charge in [-0.15, -0.1) is 0 Å². The third-order valence-electron chi connectivity index (χ3n) is 2.58. The predicted molar refractivity (Wildman–Crippen MR) is 81.2 cm³/mol. The molecule has 0 saturated carbocycles. The highest BCUT2D eigenvalue weighted by Gasteiger charge is 2.11. The molecule has 1 aromatic carbocycles. The molecule has 1 aromatic heterocycles. The van der Waals surface area contributed by atoms with E-state index in [-0.39, 0.29) is 11.1 Å². The van der Waals surface area contributed by atoms with Crippen LogP contribution in [0.5, 0.6) is 0 Å². The van der Waals surface area contributed by atoms with E-state index in [1.165, 1.54) is 12.1 Å². The summed E-state index contributed by atoms with van der Waals surface area (Å²) in [5, 5.41) is 3.34. The topological polar surface area (TPSA) is 80.0 Å². The average molecular weight is 311 g/mol. The number of amides is 1. The molecule has 0 aliphatic rings. The lowest BCUT2D eigenvalue weighted by atomic mass is 10.2. The van der Waals surface area contributed by atoms with E-state index in [0.717, 1.165) is 5.56 Å². The number of carbonyl (C=O) groups is 1. The van der Waals surface area contributed by atoms with Gasteiger partial charge in [-0.2, -0.15) is 0 Å². The quantitative estimate of drug-likeness (QED) is 0.462. The van der Waals surface area contributed by atoms with Crippen molar-refractivity contribution in [1.82, 2.24) is 4.98 Å². The Morgan fingerprint density at radius 2 is 2.00 bits per heavy atom. The zero-order valence-electron chi connectivity index (χ0n) is 10.6. The number of benzene rings is 1. The maximum absolute atomic E-state index is 12.1. The highest BCUT2D eigenvalue weighted by Crippen LogP contribution is 2.24. The van der Waals surface area contributed by atoms with E-state index in [1.807, 2.05) is 13.0 Å². The van der Waals surface area contributed by atoms with Gasteiger partial charge in [0.15, 0.2) is 0 Å². The van der Waals surface area contributed by atoms with Gasteiger partial charge in [-0.1, -0.05) is 29.3 Å². The molecule has 0 fully saturated rings. The van der Waals surface area contributed by atoms with Crippen molar-refractivity contribution in [3.05, 3.63) is 51.6 Å². The van der Waals surface area contributed by atoms with Crippen LogP contribution in [0.3, 0.4) is 0 Å². The fourth-order valence-electron chi connectivity index (χ4n) is 1.62. The zero-order valence-corrected chi connectivity index (χ0v) is 12.1. The molecular weight excluding hydrogens is 299 g/mol. The second-order valence-electron chi connectivity index (χ2n) is 4.15. The highest BCUT2D eigenvalue weighted by atomic mass is 35.5. The monoisotopic (exact) mass is 310 g/mol. The number of hydrogen-bond donors (Lipinski definition) is 3. The van der Waals surface area contributed by atoms with Gasteiger partial charge in [0.05, 0.1) is 10.7 Å². The van der Waals surface area contributed by atoms with Crippen LogP contribution in [0.4, 0.5) is 11.5 Å². The Bertz CT molecular complexity index is 661. The van der Waals surface area contributed by atoms with E-state index in [4.69, 9.17) is 29.0 Å². The lowest BCUT2D eigenvalue weighted by Crippen LogP contribution is -2.15. The first kappa shape index (κ1) is 14.6. The third kappa shape index (κ3) is 3.39. The highest BCUT2D eigenvalue weighted by molar-refractivity contribution is 6.34. The lowest BCUT2D eigenvalue weighted by molar-refractivity contribution is 0.102. The summed E-state index contributed by atoms with van der Waals surface area (Å²) in [7, 11) is 0. The molecule has 2 rings (SSSR count). The molecule has 0 saturated heterocycles. The minimum absolute atomic E-state index is 0.167. The van der Waals surface area contributed by atoms with Crippen molar-refractivity contribution in [3.63, 3.8) is 0 Å². The van der Waals surface area contributed by atoms with Gasteiger partial charge in [0.1, 0.15) is 11.0 Å². The SMILES string of the molecule is Cc1ccc(NC(=O)c2cc(Cl)nc(NN)c2)c(Cl)c1. The number of nitrogen functional groups attached to an aromatic ring is 1. The second kappa shape index (κ2) is 6.09. The van der Waals surface area contributed by atoms with Gasteiger partial charge in [0, 0.05) is 5.56 Å². The molecule has 0 unspecified atom stereocenters. The molecule has 0 aliphatic carbocycles. The lowest BCUT2D eigenvalue weighted by Gasteiger charge is -2.09. The van der Waals surface area contributed by atoms with Crippen molar-refractivity contribution in [2.24, 2.45) is 5.84 Å². The van der Waals surface area contributed by atoms with Crippen molar-refractivity contribution in [2.45, 2.75) is 6.92 Å². The van der Waals surface area contributed by atoms with Crippen LogP contribution < -0.4 is 16.6 Å². The van der Waals surface area contributed by atoms with E-state index in [1.54, 1.807) is 12.1 Å². The molecule has 7 heteroatoms. The Labute approximate surface area is 126 Å². The molecule has 1 amide bonds. The number of nitrogens with one attached hydrogen (secondary N) is 2. The Hall–Kier alpha value is -1.82. The minimum atomic E-state index is -0.350. The van der Waals surface area contributed by atoms with Crippen LogP contribution in [0.15, 0.2) is 30.3 Å². The van der Waals surface area contributed by atoms with Crippen LogP contribution in [-0.4, -0.2) is 10.9 Å². The summed E-state index contributed by atoms with van der Waals surface area (Å²) in [5.74, 6) is 5.21. The number of aryl methyl sites for hydroxylation is 1. The molecule has 0 atom stereocenters. The maximum atomic E-state index is 12.1. The second-order valence-corrected chi connectivity index (χ2v) is 4.94. The maximum Gasteiger partial charge on any atom is 0.255 e. The summed E-state index contributed by atoms with van der Waals surface area (Å²) in [6.07, 6.45) is 0. The largest absolute Gasteiger partial charge is 0.321 e. The Morgan fingerprint density at radius 3 is 2.65 bits per heavy atom. The molecule has 2 aromatic rings. The molecule has 4 N–H and O–H groups in total. The summed E-state index contributed by atoms with van der Waals surface area (Å²) >= 11 is 11.9. The summed E-state index contributed by atoms with van der Waals surface area (Å²) < 4.78 is 0. The van der Waals surface area contributed by atoms with Crippen LogP contribution in [0.25, 0.3) is 0 Å². The number of pyridine rings is 1. The number of anilines is 2. The zero-order chi connectivity index (χ0) is 14.7. The summed E-state index contributed by atoms with van der Waals surface area (Å²) in [6.45, 7) is 1.92. The standard InChI is InChI=1S/C13H12Cl2N4O/c1-7-2-3-10(9(14)4-7)17-13(20)8-5-11(15)18-12(6-8)19-16/h2-6H,16H2,1H3,(H,17,20)(H,18,19). The number of halogens is 2. The van der Waals surface area contributed by atoms with Gasteiger partial charge >= 0.3 is 0 Å². The molecule has 5 nitrogen and oxygen atoms in total. The molecule has 0 spiro atoms. The normalized spacial score (nSPS) is 10.2. The Morgan fingerprint density at radius 1 is 1.25 bits per heavy atom.